The van der Waals surface area contributed by atoms with Crippen LogP contribution in [0.25, 0.3) is 0 Å². The van der Waals surface area contributed by atoms with Crippen LogP contribution in [0, 0.1) is 13.8 Å². The molecule has 1 N–H and O–H groups in total. The van der Waals surface area contributed by atoms with E-state index in [4.69, 9.17) is 0 Å². The summed E-state index contributed by atoms with van der Waals surface area (Å²) in [6, 6.07) is 22.9. The molecule has 0 aliphatic heterocycles. The van der Waals surface area contributed by atoms with E-state index < -0.39 is 0 Å². The third kappa shape index (κ3) is 5.48. The zero-order chi connectivity index (χ0) is 20.8. The highest BCUT2D eigenvalue weighted by atomic mass is 32.2. The van der Waals surface area contributed by atoms with Crippen LogP contribution in [-0.4, -0.2) is 24.6 Å². The second kappa shape index (κ2) is 9.43. The van der Waals surface area contributed by atoms with Crippen LogP contribution < -0.4 is 10.2 Å². The van der Waals surface area contributed by atoms with Gasteiger partial charge in [0.05, 0.1) is 11.3 Å². The van der Waals surface area contributed by atoms with Gasteiger partial charge in [0.2, 0.25) is 5.91 Å². The Balaban J connectivity index is 1.68. The van der Waals surface area contributed by atoms with Crippen LogP contribution in [0.5, 0.6) is 0 Å². The number of carbonyl (C=O) groups is 2. The van der Waals surface area contributed by atoms with Gasteiger partial charge in [-0.2, -0.15) is 0 Å². The summed E-state index contributed by atoms with van der Waals surface area (Å²) in [7, 11) is 1.76. The molecule has 4 nitrogen and oxygen atoms in total. The van der Waals surface area contributed by atoms with Crippen LogP contribution in [0.1, 0.15) is 21.5 Å². The Morgan fingerprint density at radius 3 is 2.10 bits per heavy atom. The van der Waals surface area contributed by atoms with Gasteiger partial charge in [-0.15, -0.1) is 11.8 Å². The third-order valence-electron chi connectivity index (χ3n) is 4.54. The Kier molecular flexibility index (Phi) is 6.73. The number of nitrogens with one attached hydrogen (secondary N) is 1. The maximum absolute atomic E-state index is 13.0. The van der Waals surface area contributed by atoms with Crippen molar-refractivity contribution in [1.82, 2.24) is 0 Å². The lowest BCUT2D eigenvalue weighted by Gasteiger charge is -2.19. The van der Waals surface area contributed by atoms with Crippen molar-refractivity contribution in [1.29, 1.82) is 0 Å². The summed E-state index contributed by atoms with van der Waals surface area (Å²) in [5, 5.41) is 2.89. The maximum Gasteiger partial charge on any atom is 0.259 e. The van der Waals surface area contributed by atoms with Gasteiger partial charge in [-0.05, 0) is 50.2 Å². The number of hydrogen-bond donors (Lipinski definition) is 1. The molecule has 0 saturated heterocycles. The second-order valence-electron chi connectivity index (χ2n) is 6.90. The third-order valence-corrected chi connectivity index (χ3v) is 5.61. The minimum absolute atomic E-state index is 0.101. The molecule has 0 aliphatic rings. The zero-order valence-corrected chi connectivity index (χ0v) is 17.6. The van der Waals surface area contributed by atoms with E-state index in [1.807, 2.05) is 80.6 Å². The lowest BCUT2D eigenvalue weighted by Crippen LogP contribution is -2.26. The summed E-state index contributed by atoms with van der Waals surface area (Å²) >= 11 is 1.36. The first-order chi connectivity index (χ1) is 13.9. The van der Waals surface area contributed by atoms with Gasteiger partial charge < -0.3 is 10.2 Å². The highest BCUT2D eigenvalue weighted by Crippen LogP contribution is 2.26. The molecule has 0 aliphatic carbocycles. The van der Waals surface area contributed by atoms with Crippen LogP contribution in [0.15, 0.2) is 77.7 Å². The lowest BCUT2D eigenvalue weighted by atomic mass is 10.1. The maximum atomic E-state index is 13.0. The molecule has 0 fully saturated rings. The predicted molar refractivity (Wildman–Crippen MR) is 121 cm³/mol. The quantitative estimate of drug-likeness (QED) is 0.566. The number of benzene rings is 3. The number of anilines is 2. The van der Waals surface area contributed by atoms with E-state index in [0.717, 1.165) is 27.4 Å². The number of rotatable bonds is 6. The van der Waals surface area contributed by atoms with Crippen molar-refractivity contribution in [3.8, 4) is 0 Å². The first-order valence-electron chi connectivity index (χ1n) is 9.37. The van der Waals surface area contributed by atoms with Gasteiger partial charge in [-0.1, -0.05) is 47.5 Å². The number of amides is 2. The van der Waals surface area contributed by atoms with Crippen molar-refractivity contribution in [2.75, 3.05) is 23.0 Å². The van der Waals surface area contributed by atoms with E-state index in [9.17, 15) is 9.59 Å². The molecule has 0 saturated carbocycles. The molecule has 148 valence electrons. The number of nitrogens with zero attached hydrogens (tertiary/aromatic N) is 1. The van der Waals surface area contributed by atoms with Crippen molar-refractivity contribution in [2.45, 2.75) is 18.7 Å². The van der Waals surface area contributed by atoms with Gasteiger partial charge in [-0.3, -0.25) is 9.59 Å². The topological polar surface area (TPSA) is 49.4 Å². The van der Waals surface area contributed by atoms with Crippen LogP contribution in [0.4, 0.5) is 11.4 Å². The van der Waals surface area contributed by atoms with Gasteiger partial charge in [0.25, 0.3) is 5.91 Å². The number of carbonyl (C=O) groups excluding carboxylic acids is 2. The van der Waals surface area contributed by atoms with E-state index in [1.165, 1.54) is 11.8 Å². The Labute approximate surface area is 175 Å². The van der Waals surface area contributed by atoms with E-state index in [0.29, 0.717) is 5.56 Å². The molecule has 0 radical (unpaired) electrons. The molecule has 29 heavy (non-hydrogen) atoms. The molecule has 2 amide bonds. The molecule has 3 rings (SSSR count). The first kappa shape index (κ1) is 20.7. The summed E-state index contributed by atoms with van der Waals surface area (Å²) in [6.07, 6.45) is 0. The summed E-state index contributed by atoms with van der Waals surface area (Å²) in [4.78, 5) is 27.8. The second-order valence-corrected chi connectivity index (χ2v) is 7.92. The minimum Gasteiger partial charge on any atom is -0.325 e. The number of thioether (sulfide) groups is 1. The SMILES string of the molecule is Cc1ccc(NC(=O)CSc2ccccc2C(=O)N(C)c2ccc(C)cc2)cc1. The Hall–Kier alpha value is -3.05. The molecule has 0 heterocycles. The van der Waals surface area contributed by atoms with Crippen molar-refractivity contribution < 1.29 is 9.59 Å². The lowest BCUT2D eigenvalue weighted by molar-refractivity contribution is -0.113. The van der Waals surface area contributed by atoms with Gasteiger partial charge in [0, 0.05) is 23.3 Å². The van der Waals surface area contributed by atoms with Crippen molar-refractivity contribution in [2.24, 2.45) is 0 Å². The normalized spacial score (nSPS) is 10.4. The van der Waals surface area contributed by atoms with E-state index in [2.05, 4.69) is 5.32 Å². The smallest absolute Gasteiger partial charge is 0.259 e. The largest absolute Gasteiger partial charge is 0.325 e. The van der Waals surface area contributed by atoms with Gasteiger partial charge in [0.1, 0.15) is 0 Å². The predicted octanol–water partition coefficient (Wildman–Crippen LogP) is 5.31. The molecule has 3 aromatic rings. The van der Waals surface area contributed by atoms with Crippen molar-refractivity contribution >= 4 is 35.0 Å². The van der Waals surface area contributed by atoms with Crippen molar-refractivity contribution in [3.05, 3.63) is 89.5 Å². The molecule has 5 heteroatoms. The molecular weight excluding hydrogens is 380 g/mol. The fourth-order valence-corrected chi connectivity index (χ4v) is 3.66. The average Bonchev–Trinajstić information content (AvgIpc) is 2.73. The van der Waals surface area contributed by atoms with Crippen LogP contribution >= 0.6 is 11.8 Å². The van der Waals surface area contributed by atoms with Gasteiger partial charge >= 0.3 is 0 Å². The standard InChI is InChI=1S/C24H24N2O2S/c1-17-8-12-19(13-9-17)25-23(27)16-29-22-7-5-4-6-21(22)24(28)26(3)20-14-10-18(2)11-15-20/h4-15H,16H2,1-3H3,(H,25,27). The monoisotopic (exact) mass is 404 g/mol. The highest BCUT2D eigenvalue weighted by Gasteiger charge is 2.18. The number of aryl methyl sites for hydroxylation is 2. The van der Waals surface area contributed by atoms with Gasteiger partial charge in [0.15, 0.2) is 0 Å². The number of hydrogen-bond acceptors (Lipinski definition) is 3. The molecule has 0 bridgehead atoms. The molecular formula is C24H24N2O2S. The summed E-state index contributed by atoms with van der Waals surface area (Å²) < 4.78 is 0. The van der Waals surface area contributed by atoms with Crippen LogP contribution in [0.2, 0.25) is 0 Å². The zero-order valence-electron chi connectivity index (χ0n) is 16.8. The molecule has 0 aromatic heterocycles. The fraction of sp³-hybridized carbons (Fsp3) is 0.167. The summed E-state index contributed by atoms with van der Waals surface area (Å²) in [5.41, 5.74) is 4.47. The van der Waals surface area contributed by atoms with E-state index in [1.54, 1.807) is 18.0 Å². The molecule has 0 spiro atoms. The van der Waals surface area contributed by atoms with E-state index >= 15 is 0 Å². The molecule has 3 aromatic carbocycles. The first-order valence-corrected chi connectivity index (χ1v) is 10.4. The van der Waals surface area contributed by atoms with Crippen molar-refractivity contribution in [3.63, 3.8) is 0 Å². The minimum atomic E-state index is -0.104. The molecule has 0 atom stereocenters. The van der Waals surface area contributed by atoms with E-state index in [-0.39, 0.29) is 17.6 Å². The summed E-state index contributed by atoms with van der Waals surface area (Å²) in [5.74, 6) is 0.0239. The summed E-state index contributed by atoms with van der Waals surface area (Å²) in [6.45, 7) is 4.02. The molecule has 0 unspecified atom stereocenters. The van der Waals surface area contributed by atoms with Gasteiger partial charge in [-0.25, -0.2) is 0 Å². The van der Waals surface area contributed by atoms with Crippen LogP contribution in [-0.2, 0) is 4.79 Å². The highest BCUT2D eigenvalue weighted by molar-refractivity contribution is 8.00. The average molecular weight is 405 g/mol. The Morgan fingerprint density at radius 1 is 0.862 bits per heavy atom. The fourth-order valence-electron chi connectivity index (χ4n) is 2.81. The Morgan fingerprint density at radius 2 is 1.45 bits per heavy atom. The van der Waals surface area contributed by atoms with Crippen LogP contribution in [0.3, 0.4) is 0 Å². The Bertz CT molecular complexity index is 998.